The third-order valence-corrected chi connectivity index (χ3v) is 14.1. The van der Waals surface area contributed by atoms with E-state index in [1.54, 1.807) is 6.20 Å². The number of pyridine rings is 1. The van der Waals surface area contributed by atoms with Crippen LogP contribution in [0.1, 0.15) is 27.8 Å². The van der Waals surface area contributed by atoms with Gasteiger partial charge in [-0.15, -0.1) is 0 Å². The topological polar surface area (TPSA) is 55.8 Å². The Morgan fingerprint density at radius 1 is 0.424 bits per heavy atom. The average Bonchev–Trinajstić information content (AvgIpc) is 4.00. The van der Waals surface area contributed by atoms with Crippen molar-refractivity contribution in [2.75, 3.05) is 0 Å². The molecule has 14 rings (SSSR count). The molecule has 1 aliphatic carbocycles. The summed E-state index contributed by atoms with van der Waals surface area (Å²) >= 11 is 0. The Bertz CT molecular complexity index is 3960. The number of hydrogen-bond donors (Lipinski definition) is 0. The molecule has 0 amide bonds. The predicted octanol–water partition coefficient (Wildman–Crippen LogP) is 15.0. The van der Waals surface area contributed by atoms with Crippen LogP contribution in [0.2, 0.25) is 0 Å². The van der Waals surface area contributed by atoms with Crippen LogP contribution in [0.25, 0.3) is 88.4 Å². The number of aromatic nitrogens is 3. The van der Waals surface area contributed by atoms with Crippen LogP contribution in [0.4, 0.5) is 0 Å². The van der Waals surface area contributed by atoms with E-state index in [9.17, 15) is 5.26 Å². The van der Waals surface area contributed by atoms with Gasteiger partial charge in [-0.05, 0) is 70.8 Å². The van der Waals surface area contributed by atoms with E-state index in [1.807, 2.05) is 36.5 Å². The van der Waals surface area contributed by atoms with Crippen molar-refractivity contribution >= 4 is 43.6 Å². The summed E-state index contributed by atoms with van der Waals surface area (Å²) < 4.78 is 12.4. The molecule has 0 bridgehead atoms. The highest BCUT2D eigenvalue weighted by atomic mass is 16.5. The molecule has 306 valence electrons. The van der Waals surface area contributed by atoms with Gasteiger partial charge in [0.25, 0.3) is 0 Å². The van der Waals surface area contributed by atoms with Gasteiger partial charge in [0.1, 0.15) is 11.8 Å². The minimum absolute atomic E-state index is 0.573. The van der Waals surface area contributed by atoms with Gasteiger partial charge in [-0.2, -0.15) is 5.26 Å². The van der Waals surface area contributed by atoms with Crippen LogP contribution in [0, 0.1) is 11.3 Å². The Balaban J connectivity index is 1.06. The molecule has 2 aliphatic rings. The van der Waals surface area contributed by atoms with Crippen LogP contribution >= 0.6 is 0 Å². The lowest BCUT2D eigenvalue weighted by atomic mass is 9.65. The SMILES string of the molecule is N#Cc1c(-c2cccnc2)cccc1-c1cccc2c1Oc1c(-n3c4ccccc4c4cc(-n5c6ccccc6c6ccccc65)ccc43)cccc1C21c2ccccc2-c2ccccc21. The van der Waals surface area contributed by atoms with Gasteiger partial charge >= 0.3 is 0 Å². The Kier molecular flexibility index (Phi) is 7.61. The lowest BCUT2D eigenvalue weighted by Crippen LogP contribution is -2.32. The van der Waals surface area contributed by atoms with Gasteiger partial charge in [0.2, 0.25) is 0 Å². The monoisotopic (exact) mass is 840 g/mol. The second-order valence-electron chi connectivity index (χ2n) is 17.3. The first-order chi connectivity index (χ1) is 32.7. The number of rotatable bonds is 4. The highest BCUT2D eigenvalue weighted by Gasteiger charge is 2.52. The van der Waals surface area contributed by atoms with E-state index in [1.165, 1.54) is 44.1 Å². The Morgan fingerprint density at radius 2 is 0.955 bits per heavy atom. The molecule has 9 aromatic carbocycles. The molecule has 0 saturated carbocycles. The summed E-state index contributed by atoms with van der Waals surface area (Å²) in [6.07, 6.45) is 3.58. The first-order valence-corrected chi connectivity index (χ1v) is 22.3. The molecular weight excluding hydrogens is 805 g/mol. The fraction of sp³-hybridized carbons (Fsp3) is 0.0164. The van der Waals surface area contributed by atoms with Crippen LogP contribution in [0.5, 0.6) is 11.5 Å². The first-order valence-electron chi connectivity index (χ1n) is 22.3. The summed E-state index contributed by atoms with van der Waals surface area (Å²) in [6, 6.07) is 76.3. The number of benzene rings is 9. The van der Waals surface area contributed by atoms with Crippen LogP contribution in [-0.4, -0.2) is 14.1 Å². The molecule has 5 heteroatoms. The maximum atomic E-state index is 11.0. The molecule has 3 aromatic heterocycles. The summed E-state index contributed by atoms with van der Waals surface area (Å²) in [5, 5.41) is 15.8. The molecule has 5 nitrogen and oxygen atoms in total. The molecule has 66 heavy (non-hydrogen) atoms. The number of nitriles is 1. The Labute approximate surface area is 380 Å². The van der Waals surface area contributed by atoms with Crippen LogP contribution < -0.4 is 4.74 Å². The fourth-order valence-corrected chi connectivity index (χ4v) is 11.5. The summed E-state index contributed by atoms with van der Waals surface area (Å²) in [5.41, 5.74) is 16.7. The van der Waals surface area contributed by atoms with Crippen LogP contribution in [-0.2, 0) is 5.41 Å². The highest BCUT2D eigenvalue weighted by Crippen LogP contribution is 2.64. The molecule has 0 unspecified atom stereocenters. The minimum atomic E-state index is -0.738. The Hall–Kier alpha value is -8.98. The van der Waals surface area contributed by atoms with Gasteiger partial charge in [0, 0.05) is 73.0 Å². The standard InChI is InChI=1S/C61H36N4O/c62-36-49-40(38-15-14-34-63-37-38)21-11-22-41(49)47-23-12-26-52-59(47)66-60-53(61(52)50-24-6-1-16-42(50)43-17-2-7-25-51(43)61)27-13-31-58(60)65-56-30-10-5-20-46(56)48-35-39(32-33-57(48)65)64-54-28-8-3-18-44(54)45-19-4-9-29-55(45)64/h1-35,37H. The fourth-order valence-electron chi connectivity index (χ4n) is 11.5. The van der Waals surface area contributed by atoms with Gasteiger partial charge in [0.05, 0.1) is 38.7 Å². The van der Waals surface area contributed by atoms with Crippen molar-refractivity contribution in [2.45, 2.75) is 5.41 Å². The largest absolute Gasteiger partial charge is 0.454 e. The molecule has 0 fully saturated rings. The molecule has 0 saturated heterocycles. The van der Waals surface area contributed by atoms with E-state index in [0.717, 1.165) is 78.1 Å². The smallest absolute Gasteiger partial charge is 0.156 e. The maximum absolute atomic E-state index is 11.0. The van der Waals surface area contributed by atoms with E-state index < -0.39 is 5.41 Å². The van der Waals surface area contributed by atoms with Crippen molar-refractivity contribution in [3.63, 3.8) is 0 Å². The maximum Gasteiger partial charge on any atom is 0.156 e. The van der Waals surface area contributed by atoms with Crippen LogP contribution in [0.3, 0.4) is 0 Å². The second-order valence-corrected chi connectivity index (χ2v) is 17.3. The lowest BCUT2D eigenvalue weighted by Gasteiger charge is -2.41. The first kappa shape index (κ1) is 36.5. The van der Waals surface area contributed by atoms with Gasteiger partial charge in [-0.25, -0.2) is 0 Å². The summed E-state index contributed by atoms with van der Waals surface area (Å²) in [4.78, 5) is 4.41. The molecule has 4 heterocycles. The third-order valence-electron chi connectivity index (χ3n) is 14.1. The van der Waals surface area contributed by atoms with E-state index >= 15 is 0 Å². The second kappa shape index (κ2) is 13.8. The van der Waals surface area contributed by atoms with Crippen molar-refractivity contribution in [1.29, 1.82) is 5.26 Å². The van der Waals surface area contributed by atoms with Gasteiger partial charge in [0.15, 0.2) is 5.75 Å². The summed E-state index contributed by atoms with van der Waals surface area (Å²) in [6.45, 7) is 0. The molecule has 1 aliphatic heterocycles. The highest BCUT2D eigenvalue weighted by molar-refractivity contribution is 6.12. The van der Waals surface area contributed by atoms with Crippen molar-refractivity contribution in [3.8, 4) is 62.3 Å². The van der Waals surface area contributed by atoms with E-state index in [4.69, 9.17) is 4.74 Å². The average molecular weight is 841 g/mol. The zero-order valence-corrected chi connectivity index (χ0v) is 35.5. The number of ether oxygens (including phenoxy) is 1. The number of fused-ring (bicyclic) bond motifs is 15. The van der Waals surface area contributed by atoms with E-state index in [-0.39, 0.29) is 0 Å². The molecule has 0 N–H and O–H groups in total. The zero-order chi connectivity index (χ0) is 43.5. The summed E-state index contributed by atoms with van der Waals surface area (Å²) in [5.74, 6) is 1.51. The molecule has 1 spiro atoms. The Morgan fingerprint density at radius 3 is 1.64 bits per heavy atom. The van der Waals surface area contributed by atoms with E-state index in [0.29, 0.717) is 5.56 Å². The molecule has 12 aromatic rings. The number of para-hydroxylation sites is 5. The normalized spacial score (nSPS) is 13.1. The molecule has 0 radical (unpaired) electrons. The third kappa shape index (κ3) is 4.79. The van der Waals surface area contributed by atoms with Crippen molar-refractivity contribution in [3.05, 3.63) is 246 Å². The minimum Gasteiger partial charge on any atom is -0.454 e. The van der Waals surface area contributed by atoms with Gasteiger partial charge in [-0.3, -0.25) is 4.98 Å². The number of hydrogen-bond acceptors (Lipinski definition) is 3. The molecular formula is C61H36N4O. The van der Waals surface area contributed by atoms with Gasteiger partial charge < -0.3 is 13.9 Å². The molecule has 0 atom stereocenters. The zero-order valence-electron chi connectivity index (χ0n) is 35.5. The van der Waals surface area contributed by atoms with Crippen molar-refractivity contribution in [2.24, 2.45) is 0 Å². The number of nitrogens with zero attached hydrogens (tertiary/aromatic N) is 4. The lowest BCUT2D eigenvalue weighted by molar-refractivity contribution is 0.436. The van der Waals surface area contributed by atoms with Crippen LogP contribution in [0.15, 0.2) is 219 Å². The summed E-state index contributed by atoms with van der Waals surface area (Å²) in [7, 11) is 0. The van der Waals surface area contributed by atoms with Gasteiger partial charge in [-0.1, -0.05) is 158 Å². The van der Waals surface area contributed by atoms with E-state index in [2.05, 4.69) is 196 Å². The quantitative estimate of drug-likeness (QED) is 0.177. The van der Waals surface area contributed by atoms with Crippen molar-refractivity contribution in [1.82, 2.24) is 14.1 Å². The van der Waals surface area contributed by atoms with Crippen molar-refractivity contribution < 1.29 is 4.74 Å². The predicted molar refractivity (Wildman–Crippen MR) is 266 cm³/mol.